The zero-order valence-electron chi connectivity index (χ0n) is 15.2. The molecular weight excluding hydrogens is 358 g/mol. The zero-order valence-corrected chi connectivity index (χ0v) is 15.2. The summed E-state index contributed by atoms with van der Waals surface area (Å²) in [5.41, 5.74) is 2.57. The van der Waals surface area contributed by atoms with Gasteiger partial charge in [0.25, 0.3) is 0 Å². The van der Waals surface area contributed by atoms with Crippen LogP contribution in [0.3, 0.4) is 0 Å². The molecule has 4 heterocycles. The minimum atomic E-state index is -0.187. The molecule has 0 aliphatic rings. The first-order valence-electron chi connectivity index (χ1n) is 8.49. The van der Waals surface area contributed by atoms with Gasteiger partial charge in [-0.15, -0.1) is 5.10 Å². The Morgan fingerprint density at radius 2 is 2.00 bits per heavy atom. The van der Waals surface area contributed by atoms with Crippen LogP contribution in [0.25, 0.3) is 17.0 Å². The molecule has 1 amide bonds. The minimum Gasteiger partial charge on any atom is -0.481 e. The number of ether oxygens (including phenoxy) is 1. The van der Waals surface area contributed by atoms with Crippen molar-refractivity contribution in [2.24, 2.45) is 0 Å². The number of methoxy groups -OCH3 is 1. The quantitative estimate of drug-likeness (QED) is 0.552. The highest BCUT2D eigenvalue weighted by molar-refractivity contribution is 5.93. The van der Waals surface area contributed by atoms with Gasteiger partial charge in [-0.1, -0.05) is 6.07 Å². The van der Waals surface area contributed by atoms with Crippen LogP contribution in [-0.2, 0) is 4.79 Å². The van der Waals surface area contributed by atoms with Crippen molar-refractivity contribution in [3.05, 3.63) is 55.0 Å². The maximum absolute atomic E-state index is 11.5. The van der Waals surface area contributed by atoms with Gasteiger partial charge < -0.3 is 15.4 Å². The Hall–Kier alpha value is -4.01. The molecule has 4 rings (SSSR count). The van der Waals surface area contributed by atoms with E-state index in [-0.39, 0.29) is 5.91 Å². The summed E-state index contributed by atoms with van der Waals surface area (Å²) in [5, 5.41) is 10.5. The van der Waals surface area contributed by atoms with Crippen LogP contribution < -0.4 is 15.4 Å². The molecule has 0 saturated carbocycles. The average molecular weight is 375 g/mol. The molecule has 0 atom stereocenters. The molecule has 28 heavy (non-hydrogen) atoms. The van der Waals surface area contributed by atoms with Crippen molar-refractivity contribution in [3.63, 3.8) is 0 Å². The zero-order chi connectivity index (χ0) is 19.5. The summed E-state index contributed by atoms with van der Waals surface area (Å²) in [6.07, 6.45) is 5.03. The van der Waals surface area contributed by atoms with Crippen molar-refractivity contribution in [2.75, 3.05) is 17.7 Å². The second kappa shape index (κ2) is 7.31. The molecule has 0 spiro atoms. The Morgan fingerprint density at radius 3 is 2.82 bits per heavy atom. The lowest BCUT2D eigenvalue weighted by Gasteiger charge is -2.13. The Balaban J connectivity index is 1.79. The summed E-state index contributed by atoms with van der Waals surface area (Å²) in [7, 11) is 1.56. The molecule has 0 aromatic carbocycles. The molecule has 0 unspecified atom stereocenters. The molecular formula is C19H17N7O2. The third-order valence-corrected chi connectivity index (χ3v) is 3.94. The summed E-state index contributed by atoms with van der Waals surface area (Å²) in [5.74, 6) is 1.29. The fourth-order valence-corrected chi connectivity index (χ4v) is 2.71. The van der Waals surface area contributed by atoms with E-state index in [1.807, 2.05) is 30.5 Å². The van der Waals surface area contributed by atoms with E-state index in [1.54, 1.807) is 36.2 Å². The summed E-state index contributed by atoms with van der Waals surface area (Å²) in [6.45, 7) is 1.44. The van der Waals surface area contributed by atoms with Crippen molar-refractivity contribution in [1.82, 2.24) is 24.6 Å². The van der Waals surface area contributed by atoms with E-state index in [9.17, 15) is 4.79 Å². The predicted molar refractivity (Wildman–Crippen MR) is 105 cm³/mol. The van der Waals surface area contributed by atoms with Crippen LogP contribution in [0.2, 0.25) is 0 Å². The largest absolute Gasteiger partial charge is 0.481 e. The average Bonchev–Trinajstić information content (AvgIpc) is 3.18. The van der Waals surface area contributed by atoms with Crippen LogP contribution in [0.5, 0.6) is 5.88 Å². The lowest BCUT2D eigenvalue weighted by molar-refractivity contribution is -0.114. The van der Waals surface area contributed by atoms with Gasteiger partial charge in [0.15, 0.2) is 5.82 Å². The monoisotopic (exact) mass is 375 g/mol. The van der Waals surface area contributed by atoms with Gasteiger partial charge in [-0.25, -0.2) is 14.5 Å². The van der Waals surface area contributed by atoms with Gasteiger partial charge in [0.1, 0.15) is 11.2 Å². The molecule has 4 aromatic heterocycles. The van der Waals surface area contributed by atoms with Gasteiger partial charge in [0.05, 0.1) is 24.7 Å². The lowest BCUT2D eigenvalue weighted by Crippen LogP contribution is -2.09. The molecule has 2 N–H and O–H groups in total. The van der Waals surface area contributed by atoms with Crippen molar-refractivity contribution in [3.8, 4) is 17.4 Å². The third kappa shape index (κ3) is 3.45. The number of anilines is 3. The Morgan fingerprint density at radius 1 is 1.11 bits per heavy atom. The number of rotatable bonds is 5. The minimum absolute atomic E-state index is 0.187. The Labute approximate surface area is 160 Å². The number of carbonyl (C=O) groups is 1. The number of aromatic nitrogens is 5. The smallest absolute Gasteiger partial charge is 0.221 e. The van der Waals surface area contributed by atoms with Gasteiger partial charge in [-0.3, -0.25) is 9.78 Å². The number of pyridine rings is 2. The van der Waals surface area contributed by atoms with Crippen molar-refractivity contribution >= 4 is 28.6 Å². The van der Waals surface area contributed by atoms with Crippen LogP contribution in [-0.4, -0.2) is 37.6 Å². The number of fused-ring (bicyclic) bond motifs is 1. The second-order valence-electron chi connectivity index (χ2n) is 5.91. The molecule has 4 aromatic rings. The fraction of sp³-hybridized carbons (Fsp3) is 0.105. The van der Waals surface area contributed by atoms with Crippen molar-refractivity contribution in [2.45, 2.75) is 6.92 Å². The third-order valence-electron chi connectivity index (χ3n) is 3.94. The van der Waals surface area contributed by atoms with Crippen molar-refractivity contribution < 1.29 is 9.53 Å². The Kier molecular flexibility index (Phi) is 4.55. The molecule has 140 valence electrons. The summed E-state index contributed by atoms with van der Waals surface area (Å²) in [6, 6.07) is 10.9. The van der Waals surface area contributed by atoms with E-state index >= 15 is 0 Å². The van der Waals surface area contributed by atoms with E-state index < -0.39 is 0 Å². The summed E-state index contributed by atoms with van der Waals surface area (Å²) < 4.78 is 6.90. The number of nitrogens with one attached hydrogen (secondary N) is 2. The number of hydrogen-bond acceptors (Lipinski definition) is 7. The fourth-order valence-electron chi connectivity index (χ4n) is 2.71. The normalized spacial score (nSPS) is 10.6. The highest BCUT2D eigenvalue weighted by Crippen LogP contribution is 2.27. The van der Waals surface area contributed by atoms with Gasteiger partial charge in [0, 0.05) is 25.4 Å². The standard InChI is InChI=1S/C19H17N7O2/c1-12(27)21-15-11-20-9-8-13(15)23-19-16-6-4-10-26(16)25-18(24-19)14-5-3-7-17(22-14)28-2/h3-11H,1-2H3,(H,21,27)(H,20,23,24,25). The summed E-state index contributed by atoms with van der Waals surface area (Å²) >= 11 is 0. The van der Waals surface area contributed by atoms with E-state index in [4.69, 9.17) is 4.74 Å². The van der Waals surface area contributed by atoms with Crippen LogP contribution in [0.1, 0.15) is 6.92 Å². The van der Waals surface area contributed by atoms with Crippen LogP contribution in [0.15, 0.2) is 55.0 Å². The second-order valence-corrected chi connectivity index (χ2v) is 5.91. The van der Waals surface area contributed by atoms with E-state index in [2.05, 4.69) is 30.7 Å². The maximum Gasteiger partial charge on any atom is 0.221 e. The molecule has 9 nitrogen and oxygen atoms in total. The maximum atomic E-state index is 11.5. The van der Waals surface area contributed by atoms with Crippen molar-refractivity contribution in [1.29, 1.82) is 0 Å². The molecule has 0 fully saturated rings. The molecule has 0 saturated heterocycles. The van der Waals surface area contributed by atoms with E-state index in [0.717, 1.165) is 5.52 Å². The van der Waals surface area contributed by atoms with Gasteiger partial charge in [0.2, 0.25) is 17.6 Å². The molecule has 0 bridgehead atoms. The van der Waals surface area contributed by atoms with E-state index in [0.29, 0.717) is 34.6 Å². The molecule has 0 aliphatic heterocycles. The lowest BCUT2D eigenvalue weighted by atomic mass is 10.3. The topological polar surface area (TPSA) is 106 Å². The number of hydrogen-bond donors (Lipinski definition) is 2. The number of amides is 1. The first kappa shape index (κ1) is 17.4. The van der Waals surface area contributed by atoms with Crippen LogP contribution >= 0.6 is 0 Å². The highest BCUT2D eigenvalue weighted by atomic mass is 16.5. The first-order valence-corrected chi connectivity index (χ1v) is 8.49. The van der Waals surface area contributed by atoms with Crippen LogP contribution in [0.4, 0.5) is 17.2 Å². The van der Waals surface area contributed by atoms with Gasteiger partial charge in [-0.2, -0.15) is 0 Å². The van der Waals surface area contributed by atoms with E-state index in [1.165, 1.54) is 6.92 Å². The number of carbonyl (C=O) groups excluding carboxylic acids is 1. The number of nitrogens with zero attached hydrogens (tertiary/aromatic N) is 5. The molecule has 0 radical (unpaired) electrons. The Bertz CT molecular complexity index is 1160. The first-order chi connectivity index (χ1) is 13.6. The van der Waals surface area contributed by atoms with Crippen LogP contribution in [0, 0.1) is 0 Å². The van der Waals surface area contributed by atoms with Gasteiger partial charge in [-0.05, 0) is 24.3 Å². The molecule has 9 heteroatoms. The predicted octanol–water partition coefficient (Wildman–Crippen LogP) is 2.90. The highest BCUT2D eigenvalue weighted by Gasteiger charge is 2.13. The molecule has 0 aliphatic carbocycles. The summed E-state index contributed by atoms with van der Waals surface area (Å²) in [4.78, 5) is 24.6. The SMILES string of the molecule is COc1cccc(-c2nc(Nc3ccncc3NC(C)=O)c3cccn3n2)n1. The van der Waals surface area contributed by atoms with Gasteiger partial charge >= 0.3 is 0 Å².